The third-order valence-corrected chi connectivity index (χ3v) is 4.42. The molecule has 3 heteroatoms. The Hall–Kier alpha value is -1.32. The monoisotopic (exact) mass is 257 g/mol. The molecule has 1 saturated heterocycles. The van der Waals surface area contributed by atoms with Crippen molar-refractivity contribution in [2.45, 2.75) is 25.8 Å². The summed E-state index contributed by atoms with van der Waals surface area (Å²) in [5, 5.41) is 8.39. The molecular formula is C16H23N3. The Morgan fingerprint density at radius 2 is 1.95 bits per heavy atom. The standard InChI is InChI=1S/C16H23N3/c1-11-15(13-5-3-4-6-14(13)19-11)16(17-2)12-7-9-18-10-8-12/h3-6,12,16-19H,7-10H2,1-2H3. The van der Waals surface area contributed by atoms with E-state index in [4.69, 9.17) is 0 Å². The molecule has 0 spiro atoms. The average molecular weight is 257 g/mol. The van der Waals surface area contributed by atoms with Crippen molar-refractivity contribution in [3.05, 3.63) is 35.5 Å². The highest BCUT2D eigenvalue weighted by atomic mass is 14.9. The Morgan fingerprint density at radius 3 is 2.68 bits per heavy atom. The van der Waals surface area contributed by atoms with E-state index in [1.54, 1.807) is 0 Å². The van der Waals surface area contributed by atoms with Crippen LogP contribution in [0.25, 0.3) is 10.9 Å². The number of aromatic nitrogens is 1. The number of fused-ring (bicyclic) bond motifs is 1. The van der Waals surface area contributed by atoms with Crippen molar-refractivity contribution < 1.29 is 0 Å². The van der Waals surface area contributed by atoms with E-state index in [1.807, 2.05) is 0 Å². The summed E-state index contributed by atoms with van der Waals surface area (Å²) in [7, 11) is 2.09. The fourth-order valence-corrected chi connectivity index (χ4v) is 3.49. The zero-order valence-electron chi connectivity index (χ0n) is 11.8. The van der Waals surface area contributed by atoms with Gasteiger partial charge in [0.05, 0.1) is 0 Å². The van der Waals surface area contributed by atoms with Gasteiger partial charge in [-0.15, -0.1) is 0 Å². The van der Waals surface area contributed by atoms with E-state index in [1.165, 1.54) is 35.0 Å². The molecule has 1 fully saturated rings. The molecule has 3 nitrogen and oxygen atoms in total. The molecule has 0 amide bonds. The molecule has 102 valence electrons. The first-order valence-electron chi connectivity index (χ1n) is 7.26. The van der Waals surface area contributed by atoms with Crippen LogP contribution in [0.4, 0.5) is 0 Å². The molecule has 2 heterocycles. The van der Waals surface area contributed by atoms with Gasteiger partial charge in [-0.2, -0.15) is 0 Å². The lowest BCUT2D eigenvalue weighted by molar-refractivity contribution is 0.294. The number of hydrogen-bond acceptors (Lipinski definition) is 2. The molecule has 3 rings (SSSR count). The van der Waals surface area contributed by atoms with Gasteiger partial charge in [0.25, 0.3) is 0 Å². The second-order valence-electron chi connectivity index (χ2n) is 5.56. The van der Waals surface area contributed by atoms with Gasteiger partial charge in [0.2, 0.25) is 0 Å². The molecular weight excluding hydrogens is 234 g/mol. The normalized spacial score (nSPS) is 18.8. The van der Waals surface area contributed by atoms with Crippen molar-refractivity contribution in [3.63, 3.8) is 0 Å². The van der Waals surface area contributed by atoms with Gasteiger partial charge < -0.3 is 15.6 Å². The third kappa shape index (κ3) is 2.28. The Morgan fingerprint density at radius 1 is 1.21 bits per heavy atom. The lowest BCUT2D eigenvalue weighted by Crippen LogP contribution is -2.35. The van der Waals surface area contributed by atoms with Crippen LogP contribution in [0.15, 0.2) is 24.3 Å². The van der Waals surface area contributed by atoms with Gasteiger partial charge in [-0.1, -0.05) is 18.2 Å². The predicted molar refractivity (Wildman–Crippen MR) is 80.4 cm³/mol. The highest BCUT2D eigenvalue weighted by Crippen LogP contribution is 2.35. The molecule has 3 N–H and O–H groups in total. The topological polar surface area (TPSA) is 39.9 Å². The molecule has 2 aromatic rings. The van der Waals surface area contributed by atoms with E-state index in [0.29, 0.717) is 6.04 Å². The van der Waals surface area contributed by atoms with Crippen LogP contribution in [-0.2, 0) is 0 Å². The molecule has 0 bridgehead atoms. The number of piperidine rings is 1. The molecule has 1 aromatic carbocycles. The van der Waals surface area contributed by atoms with Gasteiger partial charge in [0.15, 0.2) is 0 Å². The SMILES string of the molecule is CNC(c1c(C)[nH]c2ccccc12)C1CCNCC1. The first kappa shape index (κ1) is 12.7. The molecule has 1 aliphatic heterocycles. The quantitative estimate of drug-likeness (QED) is 0.791. The molecule has 0 aliphatic carbocycles. The zero-order valence-corrected chi connectivity index (χ0v) is 11.8. The first-order valence-corrected chi connectivity index (χ1v) is 7.26. The number of aryl methyl sites for hydroxylation is 1. The summed E-state index contributed by atoms with van der Waals surface area (Å²) in [6, 6.07) is 9.09. The van der Waals surface area contributed by atoms with E-state index in [-0.39, 0.29) is 0 Å². The fraction of sp³-hybridized carbons (Fsp3) is 0.500. The van der Waals surface area contributed by atoms with Gasteiger partial charge in [-0.05, 0) is 57.5 Å². The van der Waals surface area contributed by atoms with Crippen LogP contribution < -0.4 is 10.6 Å². The molecule has 0 radical (unpaired) electrons. The predicted octanol–water partition coefficient (Wildman–Crippen LogP) is 2.74. The van der Waals surface area contributed by atoms with Crippen molar-refractivity contribution in [1.82, 2.24) is 15.6 Å². The zero-order chi connectivity index (χ0) is 13.2. The second-order valence-corrected chi connectivity index (χ2v) is 5.56. The van der Waals surface area contributed by atoms with E-state index in [9.17, 15) is 0 Å². The molecule has 1 aromatic heterocycles. The Bertz CT molecular complexity index is 552. The van der Waals surface area contributed by atoms with Gasteiger partial charge in [-0.25, -0.2) is 0 Å². The maximum atomic E-state index is 3.56. The Balaban J connectivity index is 2.02. The van der Waals surface area contributed by atoms with E-state index >= 15 is 0 Å². The summed E-state index contributed by atoms with van der Waals surface area (Å²) in [6.45, 7) is 4.48. The summed E-state index contributed by atoms with van der Waals surface area (Å²) in [5.74, 6) is 0.726. The number of rotatable bonds is 3. The van der Waals surface area contributed by atoms with Crippen LogP contribution in [0, 0.1) is 12.8 Å². The Kier molecular flexibility index (Phi) is 3.58. The van der Waals surface area contributed by atoms with Crippen molar-refractivity contribution in [3.8, 4) is 0 Å². The minimum Gasteiger partial charge on any atom is -0.358 e. The highest BCUT2D eigenvalue weighted by Gasteiger charge is 2.27. The van der Waals surface area contributed by atoms with Crippen LogP contribution in [-0.4, -0.2) is 25.1 Å². The van der Waals surface area contributed by atoms with Gasteiger partial charge in [0.1, 0.15) is 0 Å². The van der Waals surface area contributed by atoms with Crippen molar-refractivity contribution in [1.29, 1.82) is 0 Å². The number of benzene rings is 1. The average Bonchev–Trinajstić information content (AvgIpc) is 2.78. The summed E-state index contributed by atoms with van der Waals surface area (Å²) >= 11 is 0. The van der Waals surface area contributed by atoms with E-state index < -0.39 is 0 Å². The van der Waals surface area contributed by atoms with Crippen LogP contribution in [0.5, 0.6) is 0 Å². The minimum atomic E-state index is 0.457. The maximum Gasteiger partial charge on any atom is 0.0459 e. The summed E-state index contributed by atoms with van der Waals surface area (Å²) in [4.78, 5) is 3.53. The van der Waals surface area contributed by atoms with Crippen molar-refractivity contribution in [2.75, 3.05) is 20.1 Å². The van der Waals surface area contributed by atoms with Crippen molar-refractivity contribution in [2.24, 2.45) is 5.92 Å². The largest absolute Gasteiger partial charge is 0.358 e. The number of hydrogen-bond donors (Lipinski definition) is 3. The fourth-order valence-electron chi connectivity index (χ4n) is 3.49. The smallest absolute Gasteiger partial charge is 0.0459 e. The lowest BCUT2D eigenvalue weighted by atomic mass is 9.85. The summed E-state index contributed by atoms with van der Waals surface area (Å²) in [5.41, 5.74) is 4.02. The van der Waals surface area contributed by atoms with Gasteiger partial charge in [0, 0.05) is 22.6 Å². The molecule has 1 aliphatic rings. The number of aromatic amines is 1. The summed E-state index contributed by atoms with van der Waals surface area (Å²) < 4.78 is 0. The number of H-pyrrole nitrogens is 1. The number of para-hydroxylation sites is 1. The van der Waals surface area contributed by atoms with Crippen molar-refractivity contribution >= 4 is 10.9 Å². The van der Waals surface area contributed by atoms with E-state index in [2.05, 4.69) is 53.9 Å². The summed E-state index contributed by atoms with van der Waals surface area (Å²) in [6.07, 6.45) is 2.51. The van der Waals surface area contributed by atoms with Crippen LogP contribution in [0.1, 0.15) is 30.1 Å². The Labute approximate surface area is 114 Å². The first-order chi connectivity index (χ1) is 9.31. The molecule has 1 atom stereocenters. The lowest BCUT2D eigenvalue weighted by Gasteiger charge is -2.31. The van der Waals surface area contributed by atoms with Crippen LogP contribution >= 0.6 is 0 Å². The van der Waals surface area contributed by atoms with E-state index in [0.717, 1.165) is 19.0 Å². The van der Waals surface area contributed by atoms with Gasteiger partial charge >= 0.3 is 0 Å². The maximum absolute atomic E-state index is 3.56. The molecule has 1 unspecified atom stereocenters. The highest BCUT2D eigenvalue weighted by molar-refractivity contribution is 5.85. The second kappa shape index (κ2) is 5.35. The molecule has 0 saturated carbocycles. The minimum absolute atomic E-state index is 0.457. The molecule has 19 heavy (non-hydrogen) atoms. The van der Waals surface area contributed by atoms with Crippen LogP contribution in [0.2, 0.25) is 0 Å². The third-order valence-electron chi connectivity index (χ3n) is 4.42. The van der Waals surface area contributed by atoms with Gasteiger partial charge in [-0.3, -0.25) is 0 Å². The number of nitrogens with one attached hydrogen (secondary N) is 3. The van der Waals surface area contributed by atoms with Crippen LogP contribution in [0.3, 0.4) is 0 Å².